The van der Waals surface area contributed by atoms with Crippen molar-refractivity contribution < 1.29 is 9.09 Å². The molecule has 2 aromatic heterocycles. The highest BCUT2D eigenvalue weighted by molar-refractivity contribution is 7.98. The fraction of sp³-hybridized carbons (Fsp3) is 0.375. The Balaban J connectivity index is 2.87. The van der Waals surface area contributed by atoms with E-state index in [2.05, 4.69) is 10.1 Å². The van der Waals surface area contributed by atoms with Crippen molar-refractivity contribution >= 4 is 22.9 Å². The van der Waals surface area contributed by atoms with E-state index < -0.39 is 0 Å². The number of aromatic nitrogens is 3. The Hall–Kier alpha value is -1.10. The summed E-state index contributed by atoms with van der Waals surface area (Å²) in [7, 11) is 1.92. The smallest absolute Gasteiger partial charge is 0.313 e. The second-order valence-electron chi connectivity index (χ2n) is 2.77. The normalized spacial score (nSPS) is 11.0. The Morgan fingerprint density at radius 3 is 3.00 bits per heavy atom. The van der Waals surface area contributed by atoms with Gasteiger partial charge in [-0.25, -0.2) is 0 Å². The standard InChI is InChI=1S/C8H10N3OS/c1-5-10-7(13-3)6-4-9-12-8(6)11(5)2/h4H,1-3H3/q+1. The SMILES string of the molecule is CSc1nc(C)[n+](C)c2oncc12. The van der Waals surface area contributed by atoms with Crippen LogP contribution in [0.4, 0.5) is 0 Å². The Morgan fingerprint density at radius 2 is 2.31 bits per heavy atom. The van der Waals surface area contributed by atoms with Crippen LogP contribution in [0.15, 0.2) is 15.7 Å². The van der Waals surface area contributed by atoms with E-state index in [0.717, 1.165) is 22.0 Å². The molecule has 0 spiro atoms. The van der Waals surface area contributed by atoms with Gasteiger partial charge in [-0.05, 0) is 11.2 Å². The lowest BCUT2D eigenvalue weighted by Crippen LogP contribution is -2.33. The fourth-order valence-corrected chi connectivity index (χ4v) is 1.79. The van der Waals surface area contributed by atoms with Gasteiger partial charge in [0, 0.05) is 6.92 Å². The summed E-state index contributed by atoms with van der Waals surface area (Å²) >= 11 is 1.60. The van der Waals surface area contributed by atoms with Gasteiger partial charge in [-0.3, -0.25) is 0 Å². The van der Waals surface area contributed by atoms with Gasteiger partial charge in [0.25, 0.3) is 5.82 Å². The number of hydrogen-bond donors (Lipinski definition) is 0. The number of fused-ring (bicyclic) bond motifs is 1. The van der Waals surface area contributed by atoms with E-state index >= 15 is 0 Å². The van der Waals surface area contributed by atoms with Gasteiger partial charge in [0.05, 0.1) is 13.2 Å². The van der Waals surface area contributed by atoms with E-state index in [-0.39, 0.29) is 0 Å². The van der Waals surface area contributed by atoms with Gasteiger partial charge in [-0.2, -0.15) is 4.57 Å². The van der Waals surface area contributed by atoms with Crippen LogP contribution in [0.25, 0.3) is 11.1 Å². The van der Waals surface area contributed by atoms with E-state index in [1.54, 1.807) is 18.0 Å². The molecule has 68 valence electrons. The van der Waals surface area contributed by atoms with Gasteiger partial charge in [0.2, 0.25) is 5.03 Å². The highest BCUT2D eigenvalue weighted by atomic mass is 32.2. The van der Waals surface area contributed by atoms with Crippen molar-refractivity contribution in [3.05, 3.63) is 12.0 Å². The molecule has 0 radical (unpaired) electrons. The number of aryl methyl sites for hydroxylation is 2. The predicted molar refractivity (Wildman–Crippen MR) is 49.5 cm³/mol. The summed E-state index contributed by atoms with van der Waals surface area (Å²) in [5.41, 5.74) is 0.775. The van der Waals surface area contributed by atoms with E-state index in [0.29, 0.717) is 0 Å². The molecule has 0 unspecified atom stereocenters. The molecular formula is C8H10N3OS+. The highest BCUT2D eigenvalue weighted by Gasteiger charge is 2.18. The van der Waals surface area contributed by atoms with Crippen LogP contribution in [0.3, 0.4) is 0 Å². The number of rotatable bonds is 1. The lowest BCUT2D eigenvalue weighted by Gasteiger charge is -1.95. The van der Waals surface area contributed by atoms with Crippen molar-refractivity contribution in [3.8, 4) is 0 Å². The Labute approximate surface area is 79.9 Å². The zero-order valence-corrected chi connectivity index (χ0v) is 8.55. The summed E-state index contributed by atoms with van der Waals surface area (Å²) < 4.78 is 7.02. The van der Waals surface area contributed by atoms with Crippen LogP contribution in [0, 0.1) is 6.92 Å². The van der Waals surface area contributed by atoms with Crippen LogP contribution in [-0.4, -0.2) is 16.4 Å². The third-order valence-corrected chi connectivity index (χ3v) is 2.73. The second-order valence-corrected chi connectivity index (χ2v) is 3.57. The molecule has 0 aliphatic heterocycles. The third-order valence-electron chi connectivity index (χ3n) is 2.03. The molecule has 0 aliphatic rings. The predicted octanol–water partition coefficient (Wildman–Crippen LogP) is 1.08. The van der Waals surface area contributed by atoms with Crippen molar-refractivity contribution in [1.29, 1.82) is 0 Å². The maximum Gasteiger partial charge on any atom is 0.327 e. The summed E-state index contributed by atoms with van der Waals surface area (Å²) in [5, 5.41) is 5.70. The van der Waals surface area contributed by atoms with Crippen LogP contribution in [0.5, 0.6) is 0 Å². The molecule has 0 fully saturated rings. The average Bonchev–Trinajstić information content (AvgIpc) is 2.60. The van der Waals surface area contributed by atoms with Gasteiger partial charge in [0.15, 0.2) is 0 Å². The topological polar surface area (TPSA) is 42.8 Å². The summed E-state index contributed by atoms with van der Waals surface area (Å²) in [4.78, 5) is 4.42. The van der Waals surface area contributed by atoms with Crippen molar-refractivity contribution in [1.82, 2.24) is 10.1 Å². The molecule has 0 amide bonds. The number of thioether (sulfide) groups is 1. The Bertz CT molecular complexity index is 452. The number of hydrogen-bond acceptors (Lipinski definition) is 4. The first-order valence-corrected chi connectivity index (χ1v) is 5.11. The average molecular weight is 196 g/mol. The maximum absolute atomic E-state index is 5.13. The van der Waals surface area contributed by atoms with Crippen molar-refractivity contribution in [2.45, 2.75) is 11.9 Å². The lowest BCUT2D eigenvalue weighted by atomic mass is 10.4. The van der Waals surface area contributed by atoms with Gasteiger partial charge >= 0.3 is 5.71 Å². The molecule has 13 heavy (non-hydrogen) atoms. The summed E-state index contributed by atoms with van der Waals surface area (Å²) in [6.07, 6.45) is 3.70. The molecule has 0 aliphatic carbocycles. The molecule has 5 heteroatoms. The molecule has 0 saturated carbocycles. The van der Waals surface area contributed by atoms with Gasteiger partial charge in [-0.1, -0.05) is 16.9 Å². The van der Waals surface area contributed by atoms with E-state index in [4.69, 9.17) is 4.52 Å². The summed E-state index contributed by atoms with van der Waals surface area (Å²) in [5.74, 6) is 0.925. The first kappa shape index (κ1) is 8.50. The van der Waals surface area contributed by atoms with E-state index in [9.17, 15) is 0 Å². The Kier molecular flexibility index (Phi) is 1.95. The quantitative estimate of drug-likeness (QED) is 0.389. The van der Waals surface area contributed by atoms with Crippen molar-refractivity contribution in [2.24, 2.45) is 7.05 Å². The summed E-state index contributed by atoms with van der Waals surface area (Å²) in [6.45, 7) is 1.95. The fourth-order valence-electron chi connectivity index (χ4n) is 1.21. The van der Waals surface area contributed by atoms with E-state index in [1.807, 2.05) is 24.8 Å². The molecule has 4 nitrogen and oxygen atoms in total. The van der Waals surface area contributed by atoms with Crippen LogP contribution in [0.1, 0.15) is 5.82 Å². The molecule has 2 rings (SSSR count). The lowest BCUT2D eigenvalue weighted by molar-refractivity contribution is -0.662. The first-order chi connectivity index (χ1) is 6.24. The summed E-state index contributed by atoms with van der Waals surface area (Å²) in [6, 6.07) is 0. The van der Waals surface area contributed by atoms with Crippen LogP contribution >= 0.6 is 11.8 Å². The number of nitrogens with zero attached hydrogens (tertiary/aromatic N) is 3. The molecule has 0 aromatic carbocycles. The highest BCUT2D eigenvalue weighted by Crippen LogP contribution is 2.21. The van der Waals surface area contributed by atoms with Crippen molar-refractivity contribution in [3.63, 3.8) is 0 Å². The van der Waals surface area contributed by atoms with Crippen molar-refractivity contribution in [2.75, 3.05) is 6.26 Å². The molecular weight excluding hydrogens is 186 g/mol. The molecule has 0 saturated heterocycles. The molecule has 0 bridgehead atoms. The minimum atomic E-state index is 0.775. The second kappa shape index (κ2) is 2.99. The van der Waals surface area contributed by atoms with E-state index in [1.165, 1.54) is 0 Å². The zero-order chi connectivity index (χ0) is 9.42. The monoisotopic (exact) mass is 196 g/mol. The van der Waals surface area contributed by atoms with Gasteiger partial charge < -0.3 is 4.52 Å². The first-order valence-electron chi connectivity index (χ1n) is 3.89. The Morgan fingerprint density at radius 1 is 1.54 bits per heavy atom. The van der Waals surface area contributed by atoms with Crippen LogP contribution in [0.2, 0.25) is 0 Å². The zero-order valence-electron chi connectivity index (χ0n) is 7.74. The minimum absolute atomic E-state index is 0.775. The largest absolute Gasteiger partial charge is 0.327 e. The van der Waals surface area contributed by atoms with Crippen LogP contribution in [-0.2, 0) is 7.05 Å². The van der Waals surface area contributed by atoms with Gasteiger partial charge in [0.1, 0.15) is 5.39 Å². The van der Waals surface area contributed by atoms with Crippen LogP contribution < -0.4 is 4.57 Å². The molecule has 0 N–H and O–H groups in total. The molecule has 2 heterocycles. The molecule has 0 atom stereocenters. The molecule has 2 aromatic rings. The maximum atomic E-state index is 5.13. The minimum Gasteiger partial charge on any atom is -0.313 e. The van der Waals surface area contributed by atoms with Gasteiger partial charge in [-0.15, -0.1) is 0 Å². The third kappa shape index (κ3) is 1.19.